The monoisotopic (exact) mass is 372 g/mol. The first kappa shape index (κ1) is 20.3. The maximum absolute atomic E-state index is 12.9. The van der Waals surface area contributed by atoms with Crippen molar-refractivity contribution in [2.75, 3.05) is 20.8 Å². The Labute approximate surface area is 158 Å². The summed E-state index contributed by atoms with van der Waals surface area (Å²) in [5.41, 5.74) is 1.69. The summed E-state index contributed by atoms with van der Waals surface area (Å²) in [7, 11) is 3.05. The lowest BCUT2D eigenvalue weighted by Gasteiger charge is -2.15. The molecular formula is C21H24O6. The van der Waals surface area contributed by atoms with Gasteiger partial charge in [-0.25, -0.2) is 0 Å². The second kappa shape index (κ2) is 9.62. The molecule has 0 amide bonds. The molecule has 0 aliphatic rings. The predicted octanol–water partition coefficient (Wildman–Crippen LogP) is 3.55. The molecule has 0 aliphatic heterocycles. The van der Waals surface area contributed by atoms with Gasteiger partial charge in [0.2, 0.25) is 0 Å². The van der Waals surface area contributed by atoms with Crippen LogP contribution in [0.3, 0.4) is 0 Å². The Morgan fingerprint density at radius 2 is 1.70 bits per heavy atom. The van der Waals surface area contributed by atoms with Gasteiger partial charge in [0.15, 0.2) is 5.78 Å². The van der Waals surface area contributed by atoms with Crippen LogP contribution in [-0.4, -0.2) is 37.7 Å². The number of ether oxygens (including phenoxy) is 3. The lowest BCUT2D eigenvalue weighted by Crippen LogP contribution is -2.12. The van der Waals surface area contributed by atoms with Gasteiger partial charge in [0.25, 0.3) is 0 Å². The van der Waals surface area contributed by atoms with Crippen molar-refractivity contribution in [1.29, 1.82) is 0 Å². The summed E-state index contributed by atoms with van der Waals surface area (Å²) >= 11 is 0. The number of carbonyl (C=O) groups is 2. The summed E-state index contributed by atoms with van der Waals surface area (Å²) in [6, 6.07) is 10.7. The quantitative estimate of drug-likeness (QED) is 0.643. The van der Waals surface area contributed by atoms with E-state index < -0.39 is 5.97 Å². The van der Waals surface area contributed by atoms with Crippen LogP contribution in [0.15, 0.2) is 36.4 Å². The lowest BCUT2D eigenvalue weighted by molar-refractivity contribution is -0.136. The highest BCUT2D eigenvalue weighted by Crippen LogP contribution is 2.31. The van der Waals surface area contributed by atoms with E-state index in [1.54, 1.807) is 19.2 Å². The van der Waals surface area contributed by atoms with Crippen molar-refractivity contribution >= 4 is 11.8 Å². The van der Waals surface area contributed by atoms with Crippen LogP contribution in [0, 0.1) is 0 Å². The van der Waals surface area contributed by atoms with Crippen molar-refractivity contribution in [3.63, 3.8) is 0 Å². The predicted molar refractivity (Wildman–Crippen MR) is 101 cm³/mol. The van der Waals surface area contributed by atoms with Gasteiger partial charge in [-0.1, -0.05) is 12.1 Å². The van der Waals surface area contributed by atoms with Crippen LogP contribution in [0.4, 0.5) is 0 Å². The molecule has 0 saturated carbocycles. The van der Waals surface area contributed by atoms with Crippen LogP contribution in [0.25, 0.3) is 0 Å². The van der Waals surface area contributed by atoms with Crippen molar-refractivity contribution in [3.8, 4) is 17.2 Å². The number of methoxy groups -OCH3 is 2. The molecule has 27 heavy (non-hydrogen) atoms. The van der Waals surface area contributed by atoms with Crippen molar-refractivity contribution in [2.45, 2.75) is 26.2 Å². The first-order valence-electron chi connectivity index (χ1n) is 8.70. The third-order valence-electron chi connectivity index (χ3n) is 4.11. The zero-order chi connectivity index (χ0) is 19.8. The fourth-order valence-corrected chi connectivity index (χ4v) is 2.85. The van der Waals surface area contributed by atoms with Crippen molar-refractivity contribution in [1.82, 2.24) is 0 Å². The van der Waals surface area contributed by atoms with Gasteiger partial charge in [0.1, 0.15) is 17.2 Å². The molecule has 144 valence electrons. The molecule has 6 nitrogen and oxygen atoms in total. The average molecular weight is 372 g/mol. The van der Waals surface area contributed by atoms with Gasteiger partial charge >= 0.3 is 5.97 Å². The van der Waals surface area contributed by atoms with E-state index in [-0.39, 0.29) is 18.6 Å². The van der Waals surface area contributed by atoms with Crippen molar-refractivity contribution in [2.24, 2.45) is 0 Å². The standard InChI is InChI=1S/C21H24O6/c1-4-27-17-11-15(12-20(23)24)21(19(13-17)26-3)18(22)10-7-14-5-8-16(25-2)9-6-14/h5-6,8-9,11,13H,4,7,10,12H2,1-3H3,(H,23,24). The summed E-state index contributed by atoms with van der Waals surface area (Å²) < 4.78 is 15.9. The SMILES string of the molecule is CCOc1cc(CC(=O)O)c(C(=O)CCc2ccc(OC)cc2)c(OC)c1. The minimum atomic E-state index is -1.02. The van der Waals surface area contributed by atoms with E-state index >= 15 is 0 Å². The number of hydrogen-bond donors (Lipinski definition) is 1. The van der Waals surface area contributed by atoms with Crippen LogP contribution in [0.5, 0.6) is 17.2 Å². The molecule has 0 aliphatic carbocycles. The van der Waals surface area contributed by atoms with Crippen LogP contribution < -0.4 is 14.2 Å². The Morgan fingerprint density at radius 3 is 2.26 bits per heavy atom. The smallest absolute Gasteiger partial charge is 0.307 e. The molecule has 0 bridgehead atoms. The third-order valence-corrected chi connectivity index (χ3v) is 4.11. The third kappa shape index (κ3) is 5.48. The summed E-state index contributed by atoms with van der Waals surface area (Å²) in [5, 5.41) is 9.21. The number of benzene rings is 2. The van der Waals surface area contributed by atoms with Crippen molar-refractivity contribution in [3.05, 3.63) is 53.1 Å². The molecule has 0 radical (unpaired) electrons. The van der Waals surface area contributed by atoms with E-state index in [1.165, 1.54) is 7.11 Å². The fraction of sp³-hybridized carbons (Fsp3) is 0.333. The minimum absolute atomic E-state index is 0.165. The van der Waals surface area contributed by atoms with Crippen LogP contribution in [-0.2, 0) is 17.6 Å². The largest absolute Gasteiger partial charge is 0.497 e. The zero-order valence-corrected chi connectivity index (χ0v) is 15.8. The van der Waals surface area contributed by atoms with E-state index in [0.717, 1.165) is 11.3 Å². The number of aryl methyl sites for hydroxylation is 1. The first-order chi connectivity index (χ1) is 13.0. The van der Waals surface area contributed by atoms with E-state index in [0.29, 0.717) is 35.7 Å². The van der Waals surface area contributed by atoms with E-state index in [2.05, 4.69) is 0 Å². The summed E-state index contributed by atoms with van der Waals surface area (Å²) in [6.07, 6.45) is 0.496. The number of aliphatic carboxylic acids is 1. The highest BCUT2D eigenvalue weighted by atomic mass is 16.5. The average Bonchev–Trinajstić information content (AvgIpc) is 2.65. The Hall–Kier alpha value is -3.02. The van der Waals surface area contributed by atoms with Gasteiger partial charge in [-0.05, 0) is 42.7 Å². The zero-order valence-electron chi connectivity index (χ0n) is 15.8. The highest BCUT2D eigenvalue weighted by Gasteiger charge is 2.21. The normalized spacial score (nSPS) is 10.3. The second-order valence-electron chi connectivity index (χ2n) is 5.93. The second-order valence-corrected chi connectivity index (χ2v) is 5.93. The molecule has 0 aromatic heterocycles. The Morgan fingerprint density at radius 1 is 1.00 bits per heavy atom. The van der Waals surface area contributed by atoms with Crippen LogP contribution >= 0.6 is 0 Å². The maximum Gasteiger partial charge on any atom is 0.307 e. The number of Topliss-reactive ketones (excluding diaryl/α,β-unsaturated/α-hetero) is 1. The molecule has 0 saturated heterocycles. The van der Waals surface area contributed by atoms with Gasteiger partial charge in [-0.3, -0.25) is 9.59 Å². The topological polar surface area (TPSA) is 82.1 Å². The Bertz CT molecular complexity index is 795. The van der Waals surface area contributed by atoms with Gasteiger partial charge in [0, 0.05) is 12.5 Å². The molecule has 6 heteroatoms. The summed E-state index contributed by atoms with van der Waals surface area (Å²) in [6.45, 7) is 2.26. The molecular weight excluding hydrogens is 348 g/mol. The lowest BCUT2D eigenvalue weighted by atomic mass is 9.95. The van der Waals surface area contributed by atoms with Crippen LogP contribution in [0.1, 0.15) is 34.8 Å². The van der Waals surface area contributed by atoms with Gasteiger partial charge in [-0.15, -0.1) is 0 Å². The van der Waals surface area contributed by atoms with E-state index in [9.17, 15) is 14.7 Å². The van der Waals surface area contributed by atoms with Gasteiger partial charge in [0.05, 0.1) is 32.8 Å². The maximum atomic E-state index is 12.9. The van der Waals surface area contributed by atoms with E-state index in [1.807, 2.05) is 31.2 Å². The fourth-order valence-electron chi connectivity index (χ4n) is 2.85. The highest BCUT2D eigenvalue weighted by molar-refractivity contribution is 6.01. The van der Waals surface area contributed by atoms with Crippen LogP contribution in [0.2, 0.25) is 0 Å². The summed E-state index contributed by atoms with van der Waals surface area (Å²) in [4.78, 5) is 24.1. The molecule has 0 unspecified atom stereocenters. The number of carbonyl (C=O) groups excluding carboxylic acids is 1. The van der Waals surface area contributed by atoms with Crippen molar-refractivity contribution < 1.29 is 28.9 Å². The Balaban J connectivity index is 2.27. The molecule has 2 rings (SSSR count). The first-order valence-corrected chi connectivity index (χ1v) is 8.70. The molecule has 2 aromatic rings. The van der Waals surface area contributed by atoms with E-state index in [4.69, 9.17) is 14.2 Å². The minimum Gasteiger partial charge on any atom is -0.497 e. The summed E-state index contributed by atoms with van der Waals surface area (Å²) in [5.74, 6) is 0.383. The molecule has 2 aromatic carbocycles. The Kier molecular flexibility index (Phi) is 7.23. The molecule has 1 N–H and O–H groups in total. The number of rotatable bonds is 10. The molecule has 0 fully saturated rings. The molecule has 0 heterocycles. The number of ketones is 1. The molecule has 0 spiro atoms. The number of carboxylic acid groups (broad SMARTS) is 1. The van der Waals surface area contributed by atoms with Gasteiger partial charge < -0.3 is 19.3 Å². The van der Waals surface area contributed by atoms with Gasteiger partial charge in [-0.2, -0.15) is 0 Å². The number of carboxylic acids is 1. The molecule has 0 atom stereocenters. The number of hydrogen-bond acceptors (Lipinski definition) is 5.